The molecule has 0 spiro atoms. The van der Waals surface area contributed by atoms with Gasteiger partial charge in [0.2, 0.25) is 5.88 Å². The molecular formula is C13H19N3O. The van der Waals surface area contributed by atoms with Crippen LogP contribution in [0.5, 0.6) is 5.88 Å². The minimum Gasteiger partial charge on any atom is -0.481 e. The zero-order valence-corrected chi connectivity index (χ0v) is 10.2. The van der Waals surface area contributed by atoms with Gasteiger partial charge in [0.25, 0.3) is 0 Å². The highest BCUT2D eigenvalue weighted by molar-refractivity contribution is 5.41. The van der Waals surface area contributed by atoms with Gasteiger partial charge in [-0.3, -0.25) is 0 Å². The molecule has 0 aromatic carbocycles. The lowest BCUT2D eigenvalue weighted by Gasteiger charge is -2.25. The van der Waals surface area contributed by atoms with E-state index in [4.69, 9.17) is 4.74 Å². The van der Waals surface area contributed by atoms with E-state index in [1.165, 1.54) is 19.3 Å². The van der Waals surface area contributed by atoms with Crippen LogP contribution in [-0.2, 0) is 0 Å². The third-order valence-corrected chi connectivity index (χ3v) is 3.77. The van der Waals surface area contributed by atoms with E-state index in [0.29, 0.717) is 11.9 Å². The van der Waals surface area contributed by atoms with Gasteiger partial charge in [0.15, 0.2) is 0 Å². The molecule has 2 saturated heterocycles. The van der Waals surface area contributed by atoms with Gasteiger partial charge in [-0.2, -0.15) is 4.98 Å². The molecule has 3 heterocycles. The van der Waals surface area contributed by atoms with Crippen molar-refractivity contribution >= 4 is 5.82 Å². The normalized spacial score (nSPS) is 27.9. The first-order chi connectivity index (χ1) is 8.35. The third-order valence-electron chi connectivity index (χ3n) is 3.77. The molecule has 1 aromatic rings. The predicted octanol–water partition coefficient (Wildman–Crippen LogP) is 1.42. The Bertz CT molecular complexity index is 396. The molecular weight excluding hydrogens is 214 g/mol. The van der Waals surface area contributed by atoms with Crippen molar-refractivity contribution < 1.29 is 4.74 Å². The van der Waals surface area contributed by atoms with Gasteiger partial charge in [-0.05, 0) is 25.3 Å². The lowest BCUT2D eigenvalue weighted by Crippen LogP contribution is -2.35. The fraction of sp³-hybridized carbons (Fsp3) is 0.615. The highest BCUT2D eigenvalue weighted by Gasteiger charge is 2.29. The van der Waals surface area contributed by atoms with Crippen molar-refractivity contribution in [3.05, 3.63) is 18.2 Å². The molecule has 2 atom stereocenters. The molecule has 2 aliphatic rings. The summed E-state index contributed by atoms with van der Waals surface area (Å²) >= 11 is 0. The average molecular weight is 233 g/mol. The maximum atomic E-state index is 5.19. The van der Waals surface area contributed by atoms with E-state index in [-0.39, 0.29) is 0 Å². The summed E-state index contributed by atoms with van der Waals surface area (Å²) in [5.74, 6) is 1.74. The number of ether oxygens (including phenoxy) is 1. The Labute approximate surface area is 102 Å². The zero-order chi connectivity index (χ0) is 11.7. The number of rotatable bonds is 2. The standard InChI is InChI=1S/C13H19N3O/c1-17-13-4-2-3-12(15-13)16-8-7-10-5-6-11(9-16)14-10/h2-4,10-11,14H,5-9H2,1H3. The molecule has 92 valence electrons. The number of pyridine rings is 1. The molecule has 0 radical (unpaired) electrons. The first-order valence-electron chi connectivity index (χ1n) is 6.37. The van der Waals surface area contributed by atoms with Crippen LogP contribution in [-0.4, -0.2) is 37.3 Å². The van der Waals surface area contributed by atoms with Gasteiger partial charge in [-0.25, -0.2) is 0 Å². The van der Waals surface area contributed by atoms with Crippen LogP contribution in [0.1, 0.15) is 19.3 Å². The number of hydrogen-bond acceptors (Lipinski definition) is 4. The zero-order valence-electron chi connectivity index (χ0n) is 10.2. The first kappa shape index (κ1) is 10.8. The van der Waals surface area contributed by atoms with Crippen LogP contribution in [0.2, 0.25) is 0 Å². The number of aromatic nitrogens is 1. The maximum Gasteiger partial charge on any atom is 0.214 e. The van der Waals surface area contributed by atoms with Gasteiger partial charge in [0.05, 0.1) is 7.11 Å². The molecule has 2 bridgehead atoms. The van der Waals surface area contributed by atoms with E-state index in [1.807, 2.05) is 12.1 Å². The van der Waals surface area contributed by atoms with Crippen molar-refractivity contribution in [1.29, 1.82) is 0 Å². The van der Waals surface area contributed by atoms with E-state index in [2.05, 4.69) is 21.3 Å². The third kappa shape index (κ3) is 2.22. The Kier molecular flexibility index (Phi) is 2.89. The molecule has 2 fully saturated rings. The SMILES string of the molecule is COc1cccc(N2CCC3CCC(C2)N3)n1. The number of anilines is 1. The summed E-state index contributed by atoms with van der Waals surface area (Å²) in [5.41, 5.74) is 0. The molecule has 2 unspecified atom stereocenters. The molecule has 4 heteroatoms. The first-order valence-corrected chi connectivity index (χ1v) is 6.37. The van der Waals surface area contributed by atoms with Crippen LogP contribution in [0.15, 0.2) is 18.2 Å². The van der Waals surface area contributed by atoms with E-state index < -0.39 is 0 Å². The minimum absolute atomic E-state index is 0.635. The van der Waals surface area contributed by atoms with E-state index in [1.54, 1.807) is 7.11 Å². The fourth-order valence-corrected chi connectivity index (χ4v) is 2.84. The second kappa shape index (κ2) is 4.53. The van der Waals surface area contributed by atoms with Crippen LogP contribution < -0.4 is 15.0 Å². The Balaban J connectivity index is 1.78. The fourth-order valence-electron chi connectivity index (χ4n) is 2.84. The number of hydrogen-bond donors (Lipinski definition) is 1. The largest absolute Gasteiger partial charge is 0.481 e. The molecule has 17 heavy (non-hydrogen) atoms. The molecule has 3 rings (SSSR count). The summed E-state index contributed by atoms with van der Waals surface area (Å²) in [4.78, 5) is 6.89. The second-order valence-corrected chi connectivity index (χ2v) is 4.91. The summed E-state index contributed by atoms with van der Waals surface area (Å²) in [5, 5.41) is 3.68. The molecule has 4 nitrogen and oxygen atoms in total. The van der Waals surface area contributed by atoms with Crippen molar-refractivity contribution in [1.82, 2.24) is 10.3 Å². The molecule has 2 aliphatic heterocycles. The lowest BCUT2D eigenvalue weighted by atomic mass is 10.1. The van der Waals surface area contributed by atoms with Gasteiger partial charge in [0, 0.05) is 31.2 Å². The van der Waals surface area contributed by atoms with Crippen LogP contribution >= 0.6 is 0 Å². The van der Waals surface area contributed by atoms with Crippen molar-refractivity contribution in [3.63, 3.8) is 0 Å². The van der Waals surface area contributed by atoms with Crippen molar-refractivity contribution in [3.8, 4) is 5.88 Å². The van der Waals surface area contributed by atoms with E-state index in [0.717, 1.165) is 24.9 Å². The van der Waals surface area contributed by atoms with Gasteiger partial charge >= 0.3 is 0 Å². The van der Waals surface area contributed by atoms with Crippen molar-refractivity contribution in [2.75, 3.05) is 25.1 Å². The summed E-state index contributed by atoms with van der Waals surface area (Å²) < 4.78 is 5.19. The summed E-state index contributed by atoms with van der Waals surface area (Å²) in [7, 11) is 1.66. The topological polar surface area (TPSA) is 37.4 Å². The van der Waals surface area contributed by atoms with Gasteiger partial charge in [0.1, 0.15) is 5.82 Å². The maximum absolute atomic E-state index is 5.19. The predicted molar refractivity (Wildman–Crippen MR) is 67.6 cm³/mol. The van der Waals surface area contributed by atoms with Crippen LogP contribution in [0.25, 0.3) is 0 Å². The van der Waals surface area contributed by atoms with E-state index >= 15 is 0 Å². The summed E-state index contributed by atoms with van der Waals surface area (Å²) in [6, 6.07) is 7.33. The Hall–Kier alpha value is -1.29. The monoisotopic (exact) mass is 233 g/mol. The molecule has 0 aliphatic carbocycles. The smallest absolute Gasteiger partial charge is 0.214 e. The van der Waals surface area contributed by atoms with Gasteiger partial charge < -0.3 is 15.0 Å². The molecule has 1 N–H and O–H groups in total. The number of methoxy groups -OCH3 is 1. The number of nitrogens with one attached hydrogen (secondary N) is 1. The Morgan fingerprint density at radius 1 is 1.29 bits per heavy atom. The second-order valence-electron chi connectivity index (χ2n) is 4.91. The number of nitrogens with zero attached hydrogens (tertiary/aromatic N) is 2. The molecule has 0 amide bonds. The highest BCUT2D eigenvalue weighted by atomic mass is 16.5. The van der Waals surface area contributed by atoms with E-state index in [9.17, 15) is 0 Å². The van der Waals surface area contributed by atoms with Gasteiger partial charge in [-0.15, -0.1) is 0 Å². The molecule has 0 saturated carbocycles. The average Bonchev–Trinajstić information content (AvgIpc) is 2.69. The van der Waals surface area contributed by atoms with Gasteiger partial charge in [-0.1, -0.05) is 6.07 Å². The van der Waals surface area contributed by atoms with Crippen molar-refractivity contribution in [2.24, 2.45) is 0 Å². The lowest BCUT2D eigenvalue weighted by molar-refractivity contribution is 0.397. The quantitative estimate of drug-likeness (QED) is 0.838. The summed E-state index contributed by atoms with van der Waals surface area (Å²) in [6.07, 6.45) is 3.85. The van der Waals surface area contributed by atoms with Crippen LogP contribution in [0.4, 0.5) is 5.82 Å². The van der Waals surface area contributed by atoms with Crippen molar-refractivity contribution in [2.45, 2.75) is 31.3 Å². The van der Waals surface area contributed by atoms with Crippen LogP contribution in [0.3, 0.4) is 0 Å². The Morgan fingerprint density at radius 3 is 3.06 bits per heavy atom. The molecule has 1 aromatic heterocycles. The number of fused-ring (bicyclic) bond motifs is 2. The highest BCUT2D eigenvalue weighted by Crippen LogP contribution is 2.24. The van der Waals surface area contributed by atoms with Crippen LogP contribution in [0, 0.1) is 0 Å². The summed E-state index contributed by atoms with van der Waals surface area (Å²) in [6.45, 7) is 2.16. The minimum atomic E-state index is 0.635. The Morgan fingerprint density at radius 2 is 2.18 bits per heavy atom.